The molecule has 1 heterocycles. The van der Waals surface area contributed by atoms with Crippen LogP contribution in [0.4, 0.5) is 0 Å². The third kappa shape index (κ3) is 7.18. The highest BCUT2D eigenvalue weighted by Gasteiger charge is 2.27. The van der Waals surface area contributed by atoms with E-state index in [1.807, 2.05) is 164 Å². The van der Waals surface area contributed by atoms with Gasteiger partial charge < -0.3 is 9.84 Å². The predicted molar refractivity (Wildman–Crippen MR) is 185 cm³/mol. The number of rotatable bonds is 9. The van der Waals surface area contributed by atoms with E-state index in [1.54, 1.807) is 6.08 Å². The van der Waals surface area contributed by atoms with Gasteiger partial charge in [0.1, 0.15) is 17.2 Å². The van der Waals surface area contributed by atoms with Crippen LogP contribution in [0.3, 0.4) is 0 Å². The zero-order valence-electron chi connectivity index (χ0n) is 24.5. The van der Waals surface area contributed by atoms with Gasteiger partial charge in [0.15, 0.2) is 0 Å². The van der Waals surface area contributed by atoms with Gasteiger partial charge in [0.2, 0.25) is 0 Å². The molecule has 5 aromatic rings. The topological polar surface area (TPSA) is 58.9 Å². The van der Waals surface area contributed by atoms with Gasteiger partial charge in [-0.3, -0.25) is 4.99 Å². The second-order valence-electron chi connectivity index (χ2n) is 10.5. The highest BCUT2D eigenvalue weighted by Crippen LogP contribution is 2.31. The molecule has 0 bridgehead atoms. The first-order valence-electron chi connectivity index (χ1n) is 14.8. The van der Waals surface area contributed by atoms with E-state index in [-0.39, 0.29) is 12.4 Å². The standard InChI is InChI=1S/C40H30BNO3/c43-40(44)37(27-26-36-28-33(30-16-6-1-7-17-30)29-38(45-36)31-18-8-2-9-19-31)42-39(32-20-10-3-11-21-32)41(34-22-12-4-13-23-34)35-24-14-5-15-25-35/h1-29H,(H,43,44)/b36-26-,37-27-,42-39+. The number of carbonyl (C=O) groups is 1. The van der Waals surface area contributed by atoms with E-state index in [4.69, 9.17) is 9.73 Å². The van der Waals surface area contributed by atoms with Crippen LogP contribution in [0.1, 0.15) is 16.7 Å². The molecule has 6 rings (SSSR count). The highest BCUT2D eigenvalue weighted by molar-refractivity contribution is 7.10. The van der Waals surface area contributed by atoms with E-state index in [2.05, 4.69) is 0 Å². The van der Waals surface area contributed by atoms with Crippen molar-refractivity contribution in [3.05, 3.63) is 204 Å². The van der Waals surface area contributed by atoms with E-state index >= 15 is 0 Å². The van der Waals surface area contributed by atoms with Crippen LogP contribution in [0.2, 0.25) is 0 Å². The largest absolute Gasteiger partial charge is 0.477 e. The van der Waals surface area contributed by atoms with Gasteiger partial charge in [0, 0.05) is 11.2 Å². The maximum atomic E-state index is 12.7. The molecule has 0 spiro atoms. The Morgan fingerprint density at radius 1 is 0.622 bits per heavy atom. The minimum Gasteiger partial charge on any atom is -0.477 e. The number of carboxylic acid groups (broad SMARTS) is 1. The van der Waals surface area contributed by atoms with Gasteiger partial charge in [-0.15, -0.1) is 0 Å². The molecule has 0 aromatic heterocycles. The summed E-state index contributed by atoms with van der Waals surface area (Å²) in [6.45, 7) is -0.298. The SMILES string of the molecule is O=C(O)C(=C/C=C1/C=C(c2ccccc2)C=C(c2ccccc2)O1)/N=C(/B(c1ccccc1)c1ccccc1)c1ccccc1. The molecule has 1 aliphatic rings. The Morgan fingerprint density at radius 2 is 1.11 bits per heavy atom. The lowest BCUT2D eigenvalue weighted by atomic mass is 9.36. The molecule has 4 nitrogen and oxygen atoms in total. The minimum atomic E-state index is -1.14. The first-order valence-corrected chi connectivity index (χ1v) is 14.8. The summed E-state index contributed by atoms with van der Waals surface area (Å²) >= 11 is 0. The van der Waals surface area contributed by atoms with E-state index in [0.717, 1.165) is 33.2 Å². The van der Waals surface area contributed by atoms with Gasteiger partial charge >= 0.3 is 5.97 Å². The Balaban J connectivity index is 1.47. The van der Waals surface area contributed by atoms with Crippen LogP contribution in [-0.4, -0.2) is 23.4 Å². The number of hydrogen-bond donors (Lipinski definition) is 1. The third-order valence-corrected chi connectivity index (χ3v) is 7.45. The Morgan fingerprint density at radius 3 is 1.64 bits per heavy atom. The second kappa shape index (κ2) is 14.0. The minimum absolute atomic E-state index is 0.104. The van der Waals surface area contributed by atoms with Crippen LogP contribution in [0.5, 0.6) is 0 Å². The zero-order valence-corrected chi connectivity index (χ0v) is 24.5. The number of hydrogen-bond acceptors (Lipinski definition) is 3. The smallest absolute Gasteiger partial charge is 0.354 e. The molecule has 216 valence electrons. The fourth-order valence-corrected chi connectivity index (χ4v) is 5.30. The Labute approximate surface area is 263 Å². The molecule has 0 fully saturated rings. The number of allylic oxidation sites excluding steroid dienone is 5. The lowest BCUT2D eigenvalue weighted by Crippen LogP contribution is -2.49. The Bertz CT molecular complexity index is 1870. The van der Waals surface area contributed by atoms with Crippen molar-refractivity contribution in [3.8, 4) is 0 Å². The average Bonchev–Trinajstić information content (AvgIpc) is 3.11. The summed E-state index contributed by atoms with van der Waals surface area (Å²) in [6, 6.07) is 49.7. The molecule has 5 aromatic carbocycles. The van der Waals surface area contributed by atoms with Gasteiger partial charge in [-0.1, -0.05) is 163 Å². The second-order valence-corrected chi connectivity index (χ2v) is 10.5. The summed E-state index contributed by atoms with van der Waals surface area (Å²) in [6.07, 6.45) is 7.10. The van der Waals surface area contributed by atoms with Crippen molar-refractivity contribution in [3.63, 3.8) is 0 Å². The van der Waals surface area contributed by atoms with Crippen molar-refractivity contribution in [2.24, 2.45) is 4.99 Å². The maximum Gasteiger partial charge on any atom is 0.354 e. The fraction of sp³-hybridized carbons (Fsp3) is 0. The number of carboxylic acids is 1. The molecule has 1 aliphatic heterocycles. The predicted octanol–water partition coefficient (Wildman–Crippen LogP) is 7.33. The van der Waals surface area contributed by atoms with Crippen molar-refractivity contribution in [2.75, 3.05) is 0 Å². The summed E-state index contributed by atoms with van der Waals surface area (Å²) in [4.78, 5) is 17.6. The Hall–Kier alpha value is -5.94. The van der Waals surface area contributed by atoms with E-state index in [9.17, 15) is 9.90 Å². The summed E-state index contributed by atoms with van der Waals surface area (Å²) in [7, 11) is 0. The van der Waals surface area contributed by atoms with Gasteiger partial charge in [-0.05, 0) is 41.0 Å². The molecule has 0 atom stereocenters. The summed E-state index contributed by atoms with van der Waals surface area (Å²) in [5, 5.41) is 10.4. The first-order chi connectivity index (χ1) is 22.2. The van der Waals surface area contributed by atoms with Crippen molar-refractivity contribution in [2.45, 2.75) is 0 Å². The quantitative estimate of drug-likeness (QED) is 0.112. The molecule has 0 aliphatic carbocycles. The maximum absolute atomic E-state index is 12.7. The van der Waals surface area contributed by atoms with Crippen molar-refractivity contribution in [1.82, 2.24) is 0 Å². The molecule has 0 radical (unpaired) electrons. The van der Waals surface area contributed by atoms with Gasteiger partial charge in [-0.25, -0.2) is 4.79 Å². The monoisotopic (exact) mass is 583 g/mol. The van der Waals surface area contributed by atoms with E-state index in [0.29, 0.717) is 17.1 Å². The van der Waals surface area contributed by atoms with Crippen molar-refractivity contribution in [1.29, 1.82) is 0 Å². The number of ether oxygens (including phenoxy) is 1. The van der Waals surface area contributed by atoms with Crippen LogP contribution in [0.15, 0.2) is 192 Å². The average molecular weight is 583 g/mol. The van der Waals surface area contributed by atoms with Gasteiger partial charge in [-0.2, -0.15) is 0 Å². The number of nitrogens with zero attached hydrogens (tertiary/aromatic N) is 1. The van der Waals surface area contributed by atoms with Crippen LogP contribution in [0.25, 0.3) is 11.3 Å². The van der Waals surface area contributed by atoms with E-state index in [1.165, 1.54) is 6.08 Å². The van der Waals surface area contributed by atoms with Crippen molar-refractivity contribution >= 4 is 40.6 Å². The molecule has 45 heavy (non-hydrogen) atoms. The van der Waals surface area contributed by atoms with Gasteiger partial charge in [0.25, 0.3) is 6.71 Å². The Kier molecular flexibility index (Phi) is 9.08. The lowest BCUT2D eigenvalue weighted by molar-refractivity contribution is -0.132. The van der Waals surface area contributed by atoms with Crippen molar-refractivity contribution < 1.29 is 14.6 Å². The first kappa shape index (κ1) is 29.2. The third-order valence-electron chi connectivity index (χ3n) is 7.45. The fourth-order valence-electron chi connectivity index (χ4n) is 5.30. The number of aliphatic imine (C=N–C) groups is 1. The summed E-state index contributed by atoms with van der Waals surface area (Å²) in [5.74, 6) is 0.0466. The van der Waals surface area contributed by atoms with Gasteiger partial charge in [0.05, 0.1) is 0 Å². The van der Waals surface area contributed by atoms with Crippen LogP contribution in [0, 0.1) is 0 Å². The number of aliphatic carboxylic acids is 1. The molecule has 0 saturated carbocycles. The number of benzene rings is 5. The summed E-state index contributed by atoms with van der Waals surface area (Å²) < 4.78 is 6.29. The van der Waals surface area contributed by atoms with E-state index < -0.39 is 5.97 Å². The molecular formula is C40H30BNO3. The molecule has 0 saturated heterocycles. The lowest BCUT2D eigenvalue weighted by Gasteiger charge is -2.19. The zero-order chi connectivity index (χ0) is 30.8. The van der Waals surface area contributed by atoms with Crippen LogP contribution in [-0.2, 0) is 9.53 Å². The molecule has 0 amide bonds. The molecule has 0 unspecified atom stereocenters. The van der Waals surface area contributed by atoms with Crippen LogP contribution < -0.4 is 10.9 Å². The molecular weight excluding hydrogens is 553 g/mol. The highest BCUT2D eigenvalue weighted by atomic mass is 16.5. The summed E-state index contributed by atoms with van der Waals surface area (Å²) in [5.41, 5.74) is 6.30. The molecule has 5 heteroatoms. The van der Waals surface area contributed by atoms with Crippen LogP contribution >= 0.6 is 0 Å². The molecule has 1 N–H and O–H groups in total. The normalized spacial score (nSPS) is 14.3.